The molecular formula is C22H23FN4O4S. The molecule has 1 aliphatic heterocycles. The summed E-state index contributed by atoms with van der Waals surface area (Å²) in [6.45, 7) is 3.93. The molecule has 0 fully saturated rings. The van der Waals surface area contributed by atoms with Crippen molar-refractivity contribution in [2.75, 3.05) is 4.72 Å². The smallest absolute Gasteiger partial charge is 0.335 e. The van der Waals surface area contributed by atoms with Crippen LogP contribution in [0.15, 0.2) is 35.2 Å². The van der Waals surface area contributed by atoms with Crippen molar-refractivity contribution in [1.29, 1.82) is 0 Å². The minimum Gasteiger partial charge on any atom is -0.478 e. The first-order valence-corrected chi connectivity index (χ1v) is 11.7. The van der Waals surface area contributed by atoms with E-state index >= 15 is 0 Å². The molecule has 2 heterocycles. The molecule has 32 heavy (non-hydrogen) atoms. The van der Waals surface area contributed by atoms with Crippen molar-refractivity contribution in [2.45, 2.75) is 51.0 Å². The average Bonchev–Trinajstić information content (AvgIpc) is 2.98. The van der Waals surface area contributed by atoms with Crippen LogP contribution in [0.1, 0.15) is 46.6 Å². The number of aromatic carboxylic acids is 1. The molecule has 1 aromatic heterocycles. The number of halogens is 1. The lowest BCUT2D eigenvalue weighted by Gasteiger charge is -2.14. The van der Waals surface area contributed by atoms with Crippen LogP contribution in [0.3, 0.4) is 0 Å². The summed E-state index contributed by atoms with van der Waals surface area (Å²) in [7, 11) is -4.12. The molecule has 0 saturated carbocycles. The van der Waals surface area contributed by atoms with Gasteiger partial charge < -0.3 is 9.67 Å². The maximum absolute atomic E-state index is 14.7. The van der Waals surface area contributed by atoms with Gasteiger partial charge in [0.2, 0.25) is 0 Å². The molecule has 0 amide bonds. The quantitative estimate of drug-likeness (QED) is 0.599. The lowest BCUT2D eigenvalue weighted by Crippen LogP contribution is -2.16. The molecule has 0 spiro atoms. The Kier molecular flexibility index (Phi) is 5.72. The first kappa shape index (κ1) is 21.9. The van der Waals surface area contributed by atoms with Gasteiger partial charge in [-0.25, -0.2) is 17.6 Å². The van der Waals surface area contributed by atoms with Crippen LogP contribution in [0.4, 0.5) is 10.1 Å². The highest BCUT2D eigenvalue weighted by Crippen LogP contribution is 2.29. The summed E-state index contributed by atoms with van der Waals surface area (Å²) in [5.41, 5.74) is 1.14. The molecule has 0 unspecified atom stereocenters. The number of carboxylic acids is 1. The molecule has 0 radical (unpaired) electrons. The second-order valence-corrected chi connectivity index (χ2v) is 9.57. The Morgan fingerprint density at radius 1 is 1.12 bits per heavy atom. The zero-order valence-electron chi connectivity index (χ0n) is 17.7. The molecule has 2 N–H and O–H groups in total. The van der Waals surface area contributed by atoms with Gasteiger partial charge in [0, 0.05) is 18.7 Å². The number of anilines is 1. The fourth-order valence-corrected chi connectivity index (χ4v) is 5.28. The number of aryl methyl sites for hydroxylation is 2. The van der Waals surface area contributed by atoms with Gasteiger partial charge in [0.25, 0.3) is 10.0 Å². The predicted molar refractivity (Wildman–Crippen MR) is 117 cm³/mol. The molecule has 0 saturated heterocycles. The second-order valence-electron chi connectivity index (χ2n) is 7.92. The summed E-state index contributed by atoms with van der Waals surface area (Å²) < 4.78 is 45.2. The Morgan fingerprint density at radius 3 is 2.66 bits per heavy atom. The van der Waals surface area contributed by atoms with Gasteiger partial charge >= 0.3 is 5.97 Å². The van der Waals surface area contributed by atoms with E-state index in [-0.39, 0.29) is 21.7 Å². The molecule has 0 bridgehead atoms. The number of aromatic nitrogens is 3. The summed E-state index contributed by atoms with van der Waals surface area (Å²) in [6.07, 6.45) is 3.75. The zero-order chi connectivity index (χ0) is 23.0. The van der Waals surface area contributed by atoms with Crippen LogP contribution < -0.4 is 4.72 Å². The van der Waals surface area contributed by atoms with E-state index in [1.165, 1.54) is 24.3 Å². The van der Waals surface area contributed by atoms with E-state index in [0.717, 1.165) is 37.6 Å². The first-order chi connectivity index (χ1) is 15.2. The van der Waals surface area contributed by atoms with Gasteiger partial charge in [-0.05, 0) is 68.1 Å². The Hall–Kier alpha value is -3.27. The molecule has 10 heteroatoms. The van der Waals surface area contributed by atoms with Gasteiger partial charge in [0.15, 0.2) is 5.82 Å². The number of hydrogen-bond acceptors (Lipinski definition) is 5. The van der Waals surface area contributed by atoms with Crippen LogP contribution in [0, 0.1) is 19.7 Å². The monoisotopic (exact) mass is 458 g/mol. The summed E-state index contributed by atoms with van der Waals surface area (Å²) >= 11 is 0. The van der Waals surface area contributed by atoms with Crippen LogP contribution in [0.25, 0.3) is 11.4 Å². The predicted octanol–water partition coefficient (Wildman–Crippen LogP) is 3.93. The number of fused-ring (bicyclic) bond motifs is 1. The number of hydrogen-bond donors (Lipinski definition) is 2. The number of sulfonamides is 1. The van der Waals surface area contributed by atoms with Crippen LogP contribution in [-0.4, -0.2) is 34.3 Å². The van der Waals surface area contributed by atoms with Crippen molar-refractivity contribution < 1.29 is 22.7 Å². The molecule has 2 aromatic carbocycles. The van der Waals surface area contributed by atoms with Gasteiger partial charge in [0.05, 0.1) is 16.0 Å². The largest absolute Gasteiger partial charge is 0.478 e. The van der Waals surface area contributed by atoms with E-state index in [0.29, 0.717) is 23.5 Å². The zero-order valence-corrected chi connectivity index (χ0v) is 18.5. The Bertz CT molecular complexity index is 1320. The highest BCUT2D eigenvalue weighted by atomic mass is 32.2. The maximum Gasteiger partial charge on any atom is 0.335 e. The summed E-state index contributed by atoms with van der Waals surface area (Å²) in [5.74, 6) is -0.603. The van der Waals surface area contributed by atoms with Crippen molar-refractivity contribution in [3.8, 4) is 11.4 Å². The number of benzene rings is 2. The number of nitrogens with zero attached hydrogens (tertiary/aromatic N) is 3. The molecule has 8 nitrogen and oxygen atoms in total. The van der Waals surface area contributed by atoms with E-state index in [9.17, 15) is 22.7 Å². The Balaban J connectivity index is 1.73. The average molecular weight is 459 g/mol. The fourth-order valence-electron chi connectivity index (χ4n) is 3.88. The van der Waals surface area contributed by atoms with Crippen LogP contribution >= 0.6 is 0 Å². The van der Waals surface area contributed by atoms with E-state index in [1.54, 1.807) is 13.8 Å². The lowest BCUT2D eigenvalue weighted by atomic mass is 10.1. The minimum atomic E-state index is -4.12. The second kappa shape index (κ2) is 8.34. The van der Waals surface area contributed by atoms with Crippen molar-refractivity contribution in [1.82, 2.24) is 14.8 Å². The third-order valence-corrected chi connectivity index (χ3v) is 7.23. The molecule has 4 rings (SSSR count). The molecule has 0 aliphatic carbocycles. The fraction of sp³-hybridized carbons (Fsp3) is 0.318. The maximum atomic E-state index is 14.7. The summed E-state index contributed by atoms with van der Waals surface area (Å²) in [5, 5.41) is 17.6. The van der Waals surface area contributed by atoms with Crippen molar-refractivity contribution >= 4 is 21.7 Å². The van der Waals surface area contributed by atoms with Crippen LogP contribution in [-0.2, 0) is 23.0 Å². The molecule has 0 atom stereocenters. The van der Waals surface area contributed by atoms with Crippen LogP contribution in [0.5, 0.6) is 0 Å². The standard InChI is InChI=1S/C22H23FN4O4S/c1-13-10-15(22(28)29)11-19(14(13)2)32(30,31)26-16-7-8-18(23)17(12-16)21-25-24-20-6-4-3-5-9-27(20)21/h7-8,10-12,26H,3-6,9H2,1-2H3,(H,28,29). The number of rotatable bonds is 5. The van der Waals surface area contributed by atoms with Crippen molar-refractivity contribution in [3.05, 3.63) is 58.7 Å². The number of carboxylic acid groups (broad SMARTS) is 1. The Labute approximate surface area is 185 Å². The first-order valence-electron chi connectivity index (χ1n) is 10.3. The summed E-state index contributed by atoms with van der Waals surface area (Å²) in [6, 6.07) is 6.43. The number of carbonyl (C=O) groups is 1. The van der Waals surface area contributed by atoms with Crippen molar-refractivity contribution in [2.24, 2.45) is 0 Å². The van der Waals surface area contributed by atoms with E-state index in [1.807, 2.05) is 4.57 Å². The van der Waals surface area contributed by atoms with Gasteiger partial charge in [-0.3, -0.25) is 4.72 Å². The lowest BCUT2D eigenvalue weighted by molar-refractivity contribution is 0.0696. The molecular weight excluding hydrogens is 435 g/mol. The normalized spacial score (nSPS) is 14.0. The molecule has 168 valence electrons. The minimum absolute atomic E-state index is 0.126. The van der Waals surface area contributed by atoms with Gasteiger partial charge in [-0.1, -0.05) is 6.42 Å². The third-order valence-electron chi connectivity index (χ3n) is 5.73. The molecule has 3 aromatic rings. The molecule has 1 aliphatic rings. The number of nitrogens with one attached hydrogen (secondary N) is 1. The Morgan fingerprint density at radius 2 is 1.91 bits per heavy atom. The topological polar surface area (TPSA) is 114 Å². The van der Waals surface area contributed by atoms with E-state index < -0.39 is 21.8 Å². The van der Waals surface area contributed by atoms with Gasteiger partial charge in [-0.15, -0.1) is 10.2 Å². The third kappa shape index (κ3) is 4.10. The van der Waals surface area contributed by atoms with E-state index in [4.69, 9.17) is 0 Å². The van der Waals surface area contributed by atoms with Gasteiger partial charge in [-0.2, -0.15) is 0 Å². The highest BCUT2D eigenvalue weighted by Gasteiger charge is 2.23. The van der Waals surface area contributed by atoms with E-state index in [2.05, 4.69) is 14.9 Å². The van der Waals surface area contributed by atoms with Crippen LogP contribution in [0.2, 0.25) is 0 Å². The van der Waals surface area contributed by atoms with Gasteiger partial charge in [0.1, 0.15) is 11.6 Å². The highest BCUT2D eigenvalue weighted by molar-refractivity contribution is 7.92. The summed E-state index contributed by atoms with van der Waals surface area (Å²) in [4.78, 5) is 11.2. The SMILES string of the molecule is Cc1cc(C(=O)O)cc(S(=O)(=O)Nc2ccc(F)c(-c3nnc4n3CCCCC4)c2)c1C. The van der Waals surface area contributed by atoms with Crippen molar-refractivity contribution in [3.63, 3.8) is 0 Å².